The van der Waals surface area contributed by atoms with Gasteiger partial charge in [0.25, 0.3) is 5.91 Å². The van der Waals surface area contributed by atoms with Gasteiger partial charge in [-0.15, -0.1) is 11.3 Å². The van der Waals surface area contributed by atoms with Gasteiger partial charge in [-0.1, -0.05) is 6.07 Å². The Morgan fingerprint density at radius 1 is 1.40 bits per heavy atom. The molecule has 0 aliphatic carbocycles. The van der Waals surface area contributed by atoms with Crippen LogP contribution in [0, 0.1) is 0 Å². The fraction of sp³-hybridized carbons (Fsp3) is 0.214. The van der Waals surface area contributed by atoms with E-state index in [0.29, 0.717) is 5.75 Å². The van der Waals surface area contributed by atoms with Crippen molar-refractivity contribution in [2.75, 3.05) is 19.0 Å². The molecule has 0 atom stereocenters. The number of carbonyl (C=O) groups is 1. The summed E-state index contributed by atoms with van der Waals surface area (Å²) in [7, 11) is 1.59. The Kier molecular flexibility index (Phi) is 5.43. The summed E-state index contributed by atoms with van der Waals surface area (Å²) in [6.07, 6.45) is 0. The lowest BCUT2D eigenvalue weighted by Gasteiger charge is -2.09. The molecule has 1 aromatic carbocycles. The van der Waals surface area contributed by atoms with Crippen LogP contribution in [-0.2, 0) is 11.3 Å². The van der Waals surface area contributed by atoms with E-state index >= 15 is 0 Å². The van der Waals surface area contributed by atoms with E-state index in [4.69, 9.17) is 4.74 Å². The highest BCUT2D eigenvalue weighted by Crippen LogP contribution is 2.22. The van der Waals surface area contributed by atoms with Gasteiger partial charge in [-0.05, 0) is 45.1 Å². The van der Waals surface area contributed by atoms with Gasteiger partial charge >= 0.3 is 0 Å². The lowest BCUT2D eigenvalue weighted by Crippen LogP contribution is -2.24. The number of carbonyl (C=O) groups excluding carboxylic acids is 1. The zero-order valence-electron chi connectivity index (χ0n) is 11.0. The molecule has 0 aliphatic rings. The fourth-order valence-electron chi connectivity index (χ4n) is 1.56. The lowest BCUT2D eigenvalue weighted by molar-refractivity contribution is -0.122. The first-order valence-electron chi connectivity index (χ1n) is 6.07. The summed E-state index contributed by atoms with van der Waals surface area (Å²) >= 11 is 5.11. The predicted molar refractivity (Wildman–Crippen MR) is 85.3 cm³/mol. The molecule has 0 spiro atoms. The summed E-state index contributed by atoms with van der Waals surface area (Å²) in [6, 6.07) is 9.66. The van der Waals surface area contributed by atoms with Crippen LogP contribution in [0.1, 0.15) is 5.56 Å². The number of hydrogen-bond acceptors (Lipinski definition) is 4. The summed E-state index contributed by atoms with van der Waals surface area (Å²) < 4.78 is 6.52. The molecule has 2 aromatic rings. The number of likely N-dealkylation sites (N-methyl/N-ethyl adjacent to an activating group) is 1. The summed E-state index contributed by atoms with van der Waals surface area (Å²) in [5.74, 6) is 0.525. The van der Waals surface area contributed by atoms with Crippen LogP contribution in [0.5, 0.6) is 5.75 Å². The van der Waals surface area contributed by atoms with Gasteiger partial charge in [0, 0.05) is 25.3 Å². The fourth-order valence-corrected chi connectivity index (χ4v) is 2.77. The summed E-state index contributed by atoms with van der Waals surface area (Å²) in [4.78, 5) is 11.1. The normalized spacial score (nSPS) is 10.1. The predicted octanol–water partition coefficient (Wildman–Crippen LogP) is 3.25. The van der Waals surface area contributed by atoms with Crippen LogP contribution >= 0.6 is 27.3 Å². The highest BCUT2D eigenvalue weighted by molar-refractivity contribution is 9.11. The number of thiophene rings is 1. The molecule has 0 aliphatic heterocycles. The van der Waals surface area contributed by atoms with Crippen LogP contribution < -0.4 is 15.4 Å². The molecule has 1 amide bonds. The molecular formula is C14H15BrN2O2S. The standard InChI is InChI=1S/C14H15BrN2O2S/c1-16-14(18)8-19-12-4-2-3-11(6-12)17-7-10-5-13(15)20-9-10/h2-6,9,17H,7-8H2,1H3,(H,16,18). The van der Waals surface area contributed by atoms with Crippen LogP contribution in [0.15, 0.2) is 39.5 Å². The maximum absolute atomic E-state index is 11.1. The molecule has 6 heteroatoms. The number of benzene rings is 1. The molecule has 0 saturated carbocycles. The smallest absolute Gasteiger partial charge is 0.257 e. The summed E-state index contributed by atoms with van der Waals surface area (Å²) in [5.41, 5.74) is 2.18. The highest BCUT2D eigenvalue weighted by Gasteiger charge is 2.02. The summed E-state index contributed by atoms with van der Waals surface area (Å²) in [6.45, 7) is 0.776. The van der Waals surface area contributed by atoms with Gasteiger partial charge in [-0.3, -0.25) is 4.79 Å². The van der Waals surface area contributed by atoms with Crippen LogP contribution in [0.4, 0.5) is 5.69 Å². The largest absolute Gasteiger partial charge is 0.484 e. The minimum atomic E-state index is -0.147. The van der Waals surface area contributed by atoms with E-state index < -0.39 is 0 Å². The Labute approximate surface area is 130 Å². The minimum absolute atomic E-state index is 0.0252. The van der Waals surface area contributed by atoms with Crippen molar-refractivity contribution in [1.29, 1.82) is 0 Å². The molecule has 1 aromatic heterocycles. The van der Waals surface area contributed by atoms with Crippen molar-refractivity contribution in [3.63, 3.8) is 0 Å². The molecule has 2 N–H and O–H groups in total. The van der Waals surface area contributed by atoms with Gasteiger partial charge < -0.3 is 15.4 Å². The van der Waals surface area contributed by atoms with E-state index in [1.807, 2.05) is 24.3 Å². The van der Waals surface area contributed by atoms with Gasteiger partial charge in [-0.25, -0.2) is 0 Å². The highest BCUT2D eigenvalue weighted by atomic mass is 79.9. The molecule has 0 saturated heterocycles. The third kappa shape index (κ3) is 4.54. The number of halogens is 1. The molecule has 0 unspecified atom stereocenters. The Morgan fingerprint density at radius 3 is 2.95 bits per heavy atom. The van der Waals surface area contributed by atoms with Gasteiger partial charge in [0.2, 0.25) is 0 Å². The average molecular weight is 355 g/mol. The molecule has 0 fully saturated rings. The average Bonchev–Trinajstić information content (AvgIpc) is 2.88. The zero-order chi connectivity index (χ0) is 14.4. The van der Waals surface area contributed by atoms with E-state index in [0.717, 1.165) is 16.0 Å². The third-order valence-corrected chi connectivity index (χ3v) is 4.15. The first-order chi connectivity index (χ1) is 9.67. The van der Waals surface area contributed by atoms with Crippen LogP contribution in [0.2, 0.25) is 0 Å². The van der Waals surface area contributed by atoms with Crippen molar-refractivity contribution in [3.05, 3.63) is 45.1 Å². The second-order valence-electron chi connectivity index (χ2n) is 4.10. The maximum atomic E-state index is 11.1. The molecule has 4 nitrogen and oxygen atoms in total. The molecule has 106 valence electrons. The van der Waals surface area contributed by atoms with Crippen molar-refractivity contribution < 1.29 is 9.53 Å². The molecule has 0 radical (unpaired) electrons. The number of hydrogen-bond donors (Lipinski definition) is 2. The number of ether oxygens (including phenoxy) is 1. The lowest BCUT2D eigenvalue weighted by atomic mass is 10.2. The monoisotopic (exact) mass is 354 g/mol. The molecular weight excluding hydrogens is 340 g/mol. The topological polar surface area (TPSA) is 50.4 Å². The second kappa shape index (κ2) is 7.31. The Balaban J connectivity index is 1.90. The number of amides is 1. The number of rotatable bonds is 6. The Hall–Kier alpha value is -1.53. The van der Waals surface area contributed by atoms with E-state index in [9.17, 15) is 4.79 Å². The molecule has 1 heterocycles. The maximum Gasteiger partial charge on any atom is 0.257 e. The molecule has 0 bridgehead atoms. The van der Waals surface area contributed by atoms with Crippen molar-refractivity contribution >= 4 is 38.9 Å². The first-order valence-corrected chi connectivity index (χ1v) is 7.75. The quantitative estimate of drug-likeness (QED) is 0.836. The van der Waals surface area contributed by atoms with Crippen molar-refractivity contribution in [1.82, 2.24) is 5.32 Å². The Bertz CT molecular complexity index is 586. The Morgan fingerprint density at radius 2 is 2.25 bits per heavy atom. The van der Waals surface area contributed by atoms with E-state index in [1.165, 1.54) is 5.56 Å². The van der Waals surface area contributed by atoms with E-state index in [-0.39, 0.29) is 12.5 Å². The SMILES string of the molecule is CNC(=O)COc1cccc(NCc2csc(Br)c2)c1. The van der Waals surface area contributed by atoms with Crippen LogP contribution in [0.3, 0.4) is 0 Å². The van der Waals surface area contributed by atoms with Crippen molar-refractivity contribution in [2.24, 2.45) is 0 Å². The summed E-state index contributed by atoms with van der Waals surface area (Å²) in [5, 5.41) is 7.94. The van der Waals surface area contributed by atoms with Crippen molar-refractivity contribution in [2.45, 2.75) is 6.54 Å². The second-order valence-corrected chi connectivity index (χ2v) is 6.39. The molecule has 2 rings (SSSR count). The van der Waals surface area contributed by atoms with Gasteiger partial charge in [0.15, 0.2) is 6.61 Å². The first kappa shape index (κ1) is 14.9. The molecule has 20 heavy (non-hydrogen) atoms. The van der Waals surface area contributed by atoms with Gasteiger partial charge in [0.1, 0.15) is 5.75 Å². The number of nitrogens with one attached hydrogen (secondary N) is 2. The van der Waals surface area contributed by atoms with E-state index in [1.54, 1.807) is 18.4 Å². The minimum Gasteiger partial charge on any atom is -0.484 e. The third-order valence-electron chi connectivity index (χ3n) is 2.60. The van der Waals surface area contributed by atoms with Crippen LogP contribution in [0.25, 0.3) is 0 Å². The van der Waals surface area contributed by atoms with Gasteiger partial charge in [0.05, 0.1) is 3.79 Å². The zero-order valence-corrected chi connectivity index (χ0v) is 13.4. The van der Waals surface area contributed by atoms with Gasteiger partial charge in [-0.2, -0.15) is 0 Å². The number of anilines is 1. The van der Waals surface area contributed by atoms with Crippen LogP contribution in [-0.4, -0.2) is 19.6 Å². The van der Waals surface area contributed by atoms with E-state index in [2.05, 4.69) is 38.0 Å². The van der Waals surface area contributed by atoms with Crippen molar-refractivity contribution in [3.8, 4) is 5.75 Å².